The molecule has 0 atom stereocenters. The second-order valence-corrected chi connectivity index (χ2v) is 6.33. The number of nitrogens with zero attached hydrogens (tertiary/aromatic N) is 1. The fourth-order valence-corrected chi connectivity index (χ4v) is 3.05. The molecule has 2 rings (SSSR count). The van der Waals surface area contributed by atoms with Gasteiger partial charge in [0.2, 0.25) is 0 Å². The summed E-state index contributed by atoms with van der Waals surface area (Å²) >= 11 is 3.09. The molecule has 26 heavy (non-hydrogen) atoms. The van der Waals surface area contributed by atoms with E-state index in [1.807, 2.05) is 18.7 Å². The molecule has 3 nitrogen and oxygen atoms in total. The predicted molar refractivity (Wildman–Crippen MR) is 97.1 cm³/mol. The molecule has 0 radical (unpaired) electrons. The van der Waals surface area contributed by atoms with Crippen molar-refractivity contribution in [2.24, 2.45) is 0 Å². The summed E-state index contributed by atoms with van der Waals surface area (Å²) in [6, 6.07) is 6.72. The molecule has 0 saturated carbocycles. The molecule has 8 heteroatoms. The Morgan fingerprint density at radius 1 is 1.12 bits per heavy atom. The summed E-state index contributed by atoms with van der Waals surface area (Å²) in [5.74, 6) is -1.17. The first-order valence-corrected chi connectivity index (χ1v) is 8.69. The lowest BCUT2D eigenvalue weighted by Gasteiger charge is -2.25. The van der Waals surface area contributed by atoms with E-state index in [9.17, 15) is 22.4 Å². The van der Waals surface area contributed by atoms with Gasteiger partial charge in [0.05, 0.1) is 22.5 Å². The molecule has 1 amide bonds. The number of carbonyl (C=O) groups is 1. The zero-order valence-corrected chi connectivity index (χ0v) is 15.7. The minimum atomic E-state index is -4.53. The Morgan fingerprint density at radius 3 is 2.31 bits per heavy atom. The van der Waals surface area contributed by atoms with Gasteiger partial charge in [0.25, 0.3) is 5.91 Å². The van der Waals surface area contributed by atoms with Crippen LogP contribution < -0.4 is 10.2 Å². The van der Waals surface area contributed by atoms with E-state index in [0.717, 1.165) is 24.3 Å². The Bertz CT molecular complexity index is 804. The molecule has 0 aliphatic rings. The van der Waals surface area contributed by atoms with Gasteiger partial charge in [-0.1, -0.05) is 0 Å². The van der Waals surface area contributed by atoms with Crippen LogP contribution in [0.2, 0.25) is 0 Å². The van der Waals surface area contributed by atoms with Crippen LogP contribution in [-0.2, 0) is 6.18 Å². The van der Waals surface area contributed by atoms with E-state index in [1.54, 1.807) is 0 Å². The molecule has 0 spiro atoms. The van der Waals surface area contributed by atoms with Crippen molar-refractivity contribution in [3.05, 3.63) is 57.8 Å². The van der Waals surface area contributed by atoms with Crippen molar-refractivity contribution >= 4 is 33.2 Å². The summed E-state index contributed by atoms with van der Waals surface area (Å²) in [6.45, 7) is 4.85. The molecule has 2 aromatic carbocycles. The number of hydrogen-bond donors (Lipinski definition) is 1. The Morgan fingerprint density at radius 2 is 1.77 bits per heavy atom. The van der Waals surface area contributed by atoms with Crippen molar-refractivity contribution in [2.45, 2.75) is 20.0 Å². The summed E-state index contributed by atoms with van der Waals surface area (Å²) < 4.78 is 52.6. The van der Waals surface area contributed by atoms with Crippen LogP contribution in [0.1, 0.15) is 29.8 Å². The molecule has 0 aliphatic heterocycles. The number of alkyl halides is 3. The topological polar surface area (TPSA) is 32.3 Å². The number of nitrogens with one attached hydrogen (secondary N) is 1. The third-order valence-electron chi connectivity index (χ3n) is 3.85. The first-order valence-electron chi connectivity index (χ1n) is 7.90. The highest BCUT2D eigenvalue weighted by atomic mass is 79.9. The third-order valence-corrected chi connectivity index (χ3v) is 4.51. The van der Waals surface area contributed by atoms with Crippen LogP contribution in [0.5, 0.6) is 0 Å². The van der Waals surface area contributed by atoms with Crippen LogP contribution >= 0.6 is 15.9 Å². The zero-order valence-electron chi connectivity index (χ0n) is 14.1. The van der Waals surface area contributed by atoms with Gasteiger partial charge in [-0.2, -0.15) is 13.2 Å². The number of halogens is 5. The minimum absolute atomic E-state index is 0.0461. The van der Waals surface area contributed by atoms with Gasteiger partial charge in [0.15, 0.2) is 0 Å². The standard InChI is InChI=1S/C18H17BrF4N2O/c1-3-25(4-2)16-8-5-11(18(21,22)23)9-15(16)24-17(26)13-7-6-12(20)10-14(13)19/h5-10H,3-4H2,1-2H3,(H,24,26). The zero-order chi connectivity index (χ0) is 19.5. The molecule has 1 N–H and O–H groups in total. The maximum absolute atomic E-state index is 13.2. The lowest BCUT2D eigenvalue weighted by Crippen LogP contribution is -2.24. The number of anilines is 2. The molecular formula is C18H17BrF4N2O. The highest BCUT2D eigenvalue weighted by Crippen LogP contribution is 2.36. The van der Waals surface area contributed by atoms with E-state index in [2.05, 4.69) is 21.2 Å². The lowest BCUT2D eigenvalue weighted by molar-refractivity contribution is -0.137. The van der Waals surface area contributed by atoms with Crippen LogP contribution in [0.3, 0.4) is 0 Å². The number of amides is 1. The molecule has 0 aromatic heterocycles. The van der Waals surface area contributed by atoms with Crippen molar-refractivity contribution in [2.75, 3.05) is 23.3 Å². The van der Waals surface area contributed by atoms with E-state index in [4.69, 9.17) is 0 Å². The summed E-state index contributed by atoms with van der Waals surface area (Å²) in [4.78, 5) is 14.3. The maximum Gasteiger partial charge on any atom is 0.416 e. The van der Waals surface area contributed by atoms with Crippen LogP contribution in [0, 0.1) is 5.82 Å². The Labute approximate surface area is 157 Å². The van der Waals surface area contributed by atoms with Crippen molar-refractivity contribution in [1.29, 1.82) is 0 Å². The Hall–Kier alpha value is -2.09. The molecule has 0 fully saturated rings. The number of hydrogen-bond acceptors (Lipinski definition) is 2. The number of rotatable bonds is 5. The number of carbonyl (C=O) groups excluding carboxylic acids is 1. The highest BCUT2D eigenvalue weighted by Gasteiger charge is 2.31. The molecule has 0 bridgehead atoms. The average molecular weight is 433 g/mol. The SMILES string of the molecule is CCN(CC)c1ccc(C(F)(F)F)cc1NC(=O)c1ccc(F)cc1Br. The molecule has 0 saturated heterocycles. The van der Waals surface area contributed by atoms with E-state index in [-0.39, 0.29) is 15.7 Å². The van der Waals surface area contributed by atoms with Crippen molar-refractivity contribution in [1.82, 2.24) is 0 Å². The Balaban J connectivity index is 2.45. The Kier molecular flexibility index (Phi) is 6.28. The van der Waals surface area contributed by atoms with Gasteiger partial charge in [-0.05, 0) is 66.2 Å². The van der Waals surface area contributed by atoms with Gasteiger partial charge < -0.3 is 10.2 Å². The quantitative estimate of drug-likeness (QED) is 0.614. The van der Waals surface area contributed by atoms with Gasteiger partial charge in [-0.15, -0.1) is 0 Å². The largest absolute Gasteiger partial charge is 0.416 e. The predicted octanol–water partition coefficient (Wildman–Crippen LogP) is 5.71. The summed E-state index contributed by atoms with van der Waals surface area (Å²) in [5.41, 5.74) is -0.212. The second-order valence-electron chi connectivity index (χ2n) is 5.48. The first-order chi connectivity index (χ1) is 12.2. The normalized spacial score (nSPS) is 11.3. The fourth-order valence-electron chi connectivity index (χ4n) is 2.52. The van der Waals surface area contributed by atoms with E-state index in [1.165, 1.54) is 12.1 Å². The van der Waals surface area contributed by atoms with E-state index < -0.39 is 23.5 Å². The van der Waals surface area contributed by atoms with Gasteiger partial charge >= 0.3 is 6.18 Å². The first kappa shape index (κ1) is 20.2. The third kappa shape index (κ3) is 4.55. The molecular weight excluding hydrogens is 416 g/mol. The van der Waals surface area contributed by atoms with Crippen LogP contribution in [-0.4, -0.2) is 19.0 Å². The van der Waals surface area contributed by atoms with E-state index >= 15 is 0 Å². The van der Waals surface area contributed by atoms with E-state index in [0.29, 0.717) is 18.8 Å². The van der Waals surface area contributed by atoms with Crippen LogP contribution in [0.4, 0.5) is 28.9 Å². The monoisotopic (exact) mass is 432 g/mol. The molecule has 0 unspecified atom stereocenters. The van der Waals surface area contributed by atoms with Crippen molar-refractivity contribution < 1.29 is 22.4 Å². The summed E-state index contributed by atoms with van der Waals surface area (Å²) in [6.07, 6.45) is -4.53. The second kappa shape index (κ2) is 8.07. The van der Waals surface area contributed by atoms with Gasteiger partial charge in [0, 0.05) is 17.6 Å². The average Bonchev–Trinajstić information content (AvgIpc) is 2.56. The van der Waals surface area contributed by atoms with Crippen LogP contribution in [0.25, 0.3) is 0 Å². The molecule has 140 valence electrons. The lowest BCUT2D eigenvalue weighted by atomic mass is 10.1. The summed E-state index contributed by atoms with van der Waals surface area (Å²) in [7, 11) is 0. The van der Waals surface area contributed by atoms with Gasteiger partial charge in [-0.25, -0.2) is 4.39 Å². The molecule has 2 aromatic rings. The van der Waals surface area contributed by atoms with Crippen molar-refractivity contribution in [3.63, 3.8) is 0 Å². The van der Waals surface area contributed by atoms with Crippen LogP contribution in [0.15, 0.2) is 40.9 Å². The number of benzene rings is 2. The highest BCUT2D eigenvalue weighted by molar-refractivity contribution is 9.10. The van der Waals surface area contributed by atoms with Crippen molar-refractivity contribution in [3.8, 4) is 0 Å². The minimum Gasteiger partial charge on any atom is -0.370 e. The smallest absolute Gasteiger partial charge is 0.370 e. The fraction of sp³-hybridized carbons (Fsp3) is 0.278. The molecule has 0 aliphatic carbocycles. The maximum atomic E-state index is 13.2. The van der Waals surface area contributed by atoms with Gasteiger partial charge in [-0.3, -0.25) is 4.79 Å². The summed E-state index contributed by atoms with van der Waals surface area (Å²) in [5, 5.41) is 2.52. The molecule has 0 heterocycles. The van der Waals surface area contributed by atoms with Gasteiger partial charge in [0.1, 0.15) is 5.82 Å².